The standard InChI is InChI=1S/C19H25N3O3S/c1-12-10-13(25-21-12)11-17(23)22-9-5-6-14(22)15-7-8-16(26-15)18(24)20-19(2,3)4/h7-8,10,14H,5-6,9,11H2,1-4H3,(H,20,24)/t14-/m0/s1. The van der Waals surface area contributed by atoms with Crippen LogP contribution in [-0.4, -0.2) is 34.0 Å². The molecular formula is C19H25N3O3S. The fourth-order valence-electron chi connectivity index (χ4n) is 3.17. The quantitative estimate of drug-likeness (QED) is 0.888. The lowest BCUT2D eigenvalue weighted by molar-refractivity contribution is -0.131. The fraction of sp³-hybridized carbons (Fsp3) is 0.526. The Morgan fingerprint density at radius 3 is 2.81 bits per heavy atom. The van der Waals surface area contributed by atoms with Crippen LogP contribution < -0.4 is 5.32 Å². The summed E-state index contributed by atoms with van der Waals surface area (Å²) in [6.45, 7) is 8.45. The van der Waals surface area contributed by atoms with Gasteiger partial charge in [-0.3, -0.25) is 9.59 Å². The van der Waals surface area contributed by atoms with E-state index in [-0.39, 0.29) is 29.8 Å². The molecule has 2 amide bonds. The summed E-state index contributed by atoms with van der Waals surface area (Å²) in [4.78, 5) is 28.7. The van der Waals surface area contributed by atoms with Crippen LogP contribution in [0.2, 0.25) is 0 Å². The summed E-state index contributed by atoms with van der Waals surface area (Å²) in [6, 6.07) is 5.65. The Labute approximate surface area is 157 Å². The number of rotatable bonds is 4. The van der Waals surface area contributed by atoms with Crippen LogP contribution in [-0.2, 0) is 11.2 Å². The summed E-state index contributed by atoms with van der Waals surface area (Å²) < 4.78 is 5.17. The van der Waals surface area contributed by atoms with Gasteiger partial charge < -0.3 is 14.7 Å². The molecule has 1 atom stereocenters. The van der Waals surface area contributed by atoms with E-state index in [2.05, 4.69) is 10.5 Å². The zero-order chi connectivity index (χ0) is 18.9. The van der Waals surface area contributed by atoms with Crippen LogP contribution in [0.4, 0.5) is 0 Å². The molecule has 1 saturated heterocycles. The summed E-state index contributed by atoms with van der Waals surface area (Å²) in [6.07, 6.45) is 2.11. The van der Waals surface area contributed by atoms with Crippen LogP contribution in [0, 0.1) is 6.92 Å². The first-order valence-electron chi connectivity index (χ1n) is 8.87. The maximum atomic E-state index is 12.7. The summed E-state index contributed by atoms with van der Waals surface area (Å²) in [5, 5.41) is 6.82. The van der Waals surface area contributed by atoms with Crippen molar-refractivity contribution >= 4 is 23.2 Å². The van der Waals surface area contributed by atoms with E-state index < -0.39 is 0 Å². The average molecular weight is 375 g/mol. The highest BCUT2D eigenvalue weighted by molar-refractivity contribution is 7.14. The van der Waals surface area contributed by atoms with Crippen molar-refractivity contribution in [1.82, 2.24) is 15.4 Å². The molecule has 0 saturated carbocycles. The molecule has 3 heterocycles. The normalized spacial score (nSPS) is 17.5. The smallest absolute Gasteiger partial charge is 0.261 e. The molecule has 1 aliphatic heterocycles. The van der Waals surface area contributed by atoms with Crippen molar-refractivity contribution < 1.29 is 14.1 Å². The number of amides is 2. The lowest BCUT2D eigenvalue weighted by Crippen LogP contribution is -2.40. The molecule has 140 valence electrons. The van der Waals surface area contributed by atoms with Crippen LogP contribution >= 0.6 is 11.3 Å². The van der Waals surface area contributed by atoms with Gasteiger partial charge in [-0.05, 0) is 52.7 Å². The van der Waals surface area contributed by atoms with E-state index in [1.54, 1.807) is 6.07 Å². The van der Waals surface area contributed by atoms with Crippen molar-refractivity contribution in [2.45, 2.75) is 58.5 Å². The Bertz CT molecular complexity index is 803. The van der Waals surface area contributed by atoms with E-state index >= 15 is 0 Å². The van der Waals surface area contributed by atoms with Crippen molar-refractivity contribution in [1.29, 1.82) is 0 Å². The maximum absolute atomic E-state index is 12.7. The lowest BCUT2D eigenvalue weighted by atomic mass is 10.1. The van der Waals surface area contributed by atoms with E-state index in [1.807, 2.05) is 44.7 Å². The molecule has 0 radical (unpaired) electrons. The Kier molecular flexibility index (Phi) is 5.18. The molecule has 0 aliphatic carbocycles. The first-order chi connectivity index (χ1) is 12.2. The highest BCUT2D eigenvalue weighted by atomic mass is 32.1. The highest BCUT2D eigenvalue weighted by Gasteiger charge is 2.32. The molecule has 7 heteroatoms. The first kappa shape index (κ1) is 18.6. The number of carbonyl (C=O) groups is 2. The van der Waals surface area contributed by atoms with E-state index in [4.69, 9.17) is 4.52 Å². The van der Waals surface area contributed by atoms with Gasteiger partial charge >= 0.3 is 0 Å². The summed E-state index contributed by atoms with van der Waals surface area (Å²) in [7, 11) is 0. The van der Waals surface area contributed by atoms with Gasteiger partial charge in [0.1, 0.15) is 5.76 Å². The van der Waals surface area contributed by atoms with Crippen molar-refractivity contribution in [3.8, 4) is 0 Å². The number of thiophene rings is 1. The number of likely N-dealkylation sites (tertiary alicyclic amines) is 1. The first-order valence-corrected chi connectivity index (χ1v) is 9.68. The Morgan fingerprint density at radius 1 is 1.38 bits per heavy atom. The zero-order valence-electron chi connectivity index (χ0n) is 15.7. The van der Waals surface area contributed by atoms with Gasteiger partial charge in [0, 0.05) is 23.0 Å². The molecule has 6 nitrogen and oxygen atoms in total. The summed E-state index contributed by atoms with van der Waals surface area (Å²) >= 11 is 1.47. The van der Waals surface area contributed by atoms with Gasteiger partial charge in [-0.1, -0.05) is 5.16 Å². The minimum atomic E-state index is -0.272. The number of nitrogens with zero attached hydrogens (tertiary/aromatic N) is 2. The van der Waals surface area contributed by atoms with E-state index in [0.717, 1.165) is 30.0 Å². The molecule has 1 N–H and O–H groups in total. The molecule has 1 aliphatic rings. The van der Waals surface area contributed by atoms with Gasteiger partial charge in [-0.15, -0.1) is 11.3 Å². The van der Waals surface area contributed by atoms with Gasteiger partial charge in [0.2, 0.25) is 5.91 Å². The summed E-state index contributed by atoms with van der Waals surface area (Å²) in [5.74, 6) is 0.564. The number of aromatic nitrogens is 1. The minimum absolute atomic E-state index is 0.0349. The van der Waals surface area contributed by atoms with Gasteiger partial charge in [-0.2, -0.15) is 0 Å². The van der Waals surface area contributed by atoms with Crippen LogP contribution in [0.15, 0.2) is 22.7 Å². The van der Waals surface area contributed by atoms with Crippen molar-refractivity contribution in [3.05, 3.63) is 39.4 Å². The van der Waals surface area contributed by atoms with E-state index in [1.165, 1.54) is 11.3 Å². The van der Waals surface area contributed by atoms with Crippen LogP contribution in [0.25, 0.3) is 0 Å². The monoisotopic (exact) mass is 375 g/mol. The highest BCUT2D eigenvalue weighted by Crippen LogP contribution is 2.36. The SMILES string of the molecule is Cc1cc(CC(=O)N2CCC[C@H]2c2ccc(C(=O)NC(C)(C)C)s2)on1. The van der Waals surface area contributed by atoms with Crippen molar-refractivity contribution in [2.75, 3.05) is 6.54 Å². The lowest BCUT2D eigenvalue weighted by Gasteiger charge is -2.23. The second-order valence-corrected chi connectivity index (χ2v) is 8.88. The third kappa shape index (κ3) is 4.33. The molecule has 2 aromatic rings. The van der Waals surface area contributed by atoms with Crippen LogP contribution in [0.3, 0.4) is 0 Å². The molecule has 0 aromatic carbocycles. The third-order valence-electron chi connectivity index (χ3n) is 4.24. The minimum Gasteiger partial charge on any atom is -0.361 e. The Hall–Kier alpha value is -2.15. The Morgan fingerprint density at radius 2 is 2.15 bits per heavy atom. The van der Waals surface area contributed by atoms with Gasteiger partial charge in [0.05, 0.1) is 23.0 Å². The molecule has 0 spiro atoms. The van der Waals surface area contributed by atoms with Crippen LogP contribution in [0.1, 0.15) is 65.7 Å². The van der Waals surface area contributed by atoms with Gasteiger partial charge in [0.25, 0.3) is 5.91 Å². The molecule has 0 unspecified atom stereocenters. The average Bonchev–Trinajstić information content (AvgIpc) is 3.24. The maximum Gasteiger partial charge on any atom is 0.261 e. The zero-order valence-corrected chi connectivity index (χ0v) is 16.5. The van der Waals surface area contributed by atoms with E-state index in [9.17, 15) is 9.59 Å². The fourth-order valence-corrected chi connectivity index (χ4v) is 4.22. The van der Waals surface area contributed by atoms with Crippen LogP contribution in [0.5, 0.6) is 0 Å². The molecule has 26 heavy (non-hydrogen) atoms. The number of carbonyl (C=O) groups excluding carboxylic acids is 2. The van der Waals surface area contributed by atoms with E-state index in [0.29, 0.717) is 10.6 Å². The Balaban J connectivity index is 1.70. The third-order valence-corrected chi connectivity index (χ3v) is 5.43. The molecular weight excluding hydrogens is 350 g/mol. The second-order valence-electron chi connectivity index (χ2n) is 7.76. The number of nitrogens with one attached hydrogen (secondary N) is 1. The molecule has 1 fully saturated rings. The second kappa shape index (κ2) is 7.23. The molecule has 3 rings (SSSR count). The molecule has 0 bridgehead atoms. The van der Waals surface area contributed by atoms with Gasteiger partial charge in [-0.25, -0.2) is 0 Å². The number of hydrogen-bond acceptors (Lipinski definition) is 5. The molecule has 2 aromatic heterocycles. The van der Waals surface area contributed by atoms with Gasteiger partial charge in [0.15, 0.2) is 0 Å². The predicted molar refractivity (Wildman–Crippen MR) is 100 cm³/mol. The largest absolute Gasteiger partial charge is 0.361 e. The number of hydrogen-bond donors (Lipinski definition) is 1. The topological polar surface area (TPSA) is 75.4 Å². The number of aryl methyl sites for hydroxylation is 1. The predicted octanol–water partition coefficient (Wildman–Crippen LogP) is 3.48. The van der Waals surface area contributed by atoms with Crippen molar-refractivity contribution in [2.24, 2.45) is 0 Å². The van der Waals surface area contributed by atoms with Crippen molar-refractivity contribution in [3.63, 3.8) is 0 Å². The summed E-state index contributed by atoms with van der Waals surface area (Å²) in [5.41, 5.74) is 0.504.